The minimum Gasteiger partial charge on any atom is -0.493 e. The van der Waals surface area contributed by atoms with Crippen molar-refractivity contribution in [3.8, 4) is 23.0 Å². The first kappa shape index (κ1) is 20.3. The molecule has 0 amide bonds. The Kier molecular flexibility index (Phi) is 6.65. The largest absolute Gasteiger partial charge is 0.493 e. The van der Waals surface area contributed by atoms with Gasteiger partial charge in [-0.2, -0.15) is 0 Å². The van der Waals surface area contributed by atoms with Crippen molar-refractivity contribution in [2.45, 2.75) is 12.5 Å². The van der Waals surface area contributed by atoms with Gasteiger partial charge in [0.05, 0.1) is 47.8 Å². The Morgan fingerprint density at radius 1 is 0.857 bits per heavy atom. The first-order valence-corrected chi connectivity index (χ1v) is 9.29. The van der Waals surface area contributed by atoms with Crippen LogP contribution < -0.4 is 18.9 Å². The summed E-state index contributed by atoms with van der Waals surface area (Å²) in [6.45, 7) is 1.14. The van der Waals surface area contributed by atoms with Crippen molar-refractivity contribution >= 4 is 0 Å². The highest BCUT2D eigenvalue weighted by Gasteiger charge is 2.35. The molecule has 1 aliphatic rings. The van der Waals surface area contributed by atoms with Crippen LogP contribution in [0.3, 0.4) is 0 Å². The Balaban J connectivity index is 1.77. The number of hydrogen-bond acceptors (Lipinski definition) is 6. The van der Waals surface area contributed by atoms with Gasteiger partial charge >= 0.3 is 0 Å². The topological polar surface area (TPSA) is 66.4 Å². The van der Waals surface area contributed by atoms with Gasteiger partial charge in [-0.15, -0.1) is 0 Å². The molecular formula is C22H28O6. The molecule has 28 heavy (non-hydrogen) atoms. The molecule has 1 fully saturated rings. The third kappa shape index (κ3) is 4.18. The van der Waals surface area contributed by atoms with Crippen LogP contribution in [0.4, 0.5) is 0 Å². The lowest BCUT2D eigenvalue weighted by Gasteiger charge is -2.24. The van der Waals surface area contributed by atoms with Gasteiger partial charge < -0.3 is 28.8 Å². The highest BCUT2D eigenvalue weighted by atomic mass is 16.5. The third-order valence-electron chi connectivity index (χ3n) is 5.35. The van der Waals surface area contributed by atoms with E-state index in [9.17, 15) is 5.11 Å². The van der Waals surface area contributed by atoms with E-state index in [1.807, 2.05) is 36.4 Å². The fourth-order valence-electron chi connectivity index (χ4n) is 3.77. The van der Waals surface area contributed by atoms with Crippen LogP contribution in [0.5, 0.6) is 23.0 Å². The van der Waals surface area contributed by atoms with E-state index < -0.39 is 6.10 Å². The fraction of sp³-hybridized carbons (Fsp3) is 0.455. The second kappa shape index (κ2) is 9.17. The van der Waals surface area contributed by atoms with Gasteiger partial charge in [-0.05, 0) is 47.7 Å². The minimum absolute atomic E-state index is 0.00815. The number of benzene rings is 2. The molecule has 152 valence electrons. The molecule has 3 atom stereocenters. The van der Waals surface area contributed by atoms with E-state index in [-0.39, 0.29) is 11.8 Å². The zero-order chi connectivity index (χ0) is 20.1. The van der Waals surface area contributed by atoms with Crippen LogP contribution in [-0.4, -0.2) is 46.8 Å². The quantitative estimate of drug-likeness (QED) is 0.749. The van der Waals surface area contributed by atoms with Crippen molar-refractivity contribution in [2.75, 3.05) is 41.7 Å². The summed E-state index contributed by atoms with van der Waals surface area (Å²) < 4.78 is 27.1. The molecule has 1 heterocycles. The highest BCUT2D eigenvalue weighted by Crippen LogP contribution is 2.39. The van der Waals surface area contributed by atoms with Gasteiger partial charge in [0.15, 0.2) is 23.0 Å². The number of aliphatic hydroxyl groups is 1. The number of hydrogen-bond donors (Lipinski definition) is 1. The molecule has 1 N–H and O–H groups in total. The van der Waals surface area contributed by atoms with Crippen LogP contribution in [0.1, 0.15) is 17.2 Å². The average Bonchev–Trinajstić information content (AvgIpc) is 3.20. The molecule has 3 rings (SSSR count). The molecule has 0 spiro atoms. The Morgan fingerprint density at radius 3 is 2.11 bits per heavy atom. The normalized spacial score (nSPS) is 19.9. The van der Waals surface area contributed by atoms with E-state index in [4.69, 9.17) is 23.7 Å². The summed E-state index contributed by atoms with van der Waals surface area (Å²) >= 11 is 0. The molecule has 0 radical (unpaired) electrons. The molecular weight excluding hydrogens is 360 g/mol. The number of aliphatic hydroxyl groups excluding tert-OH is 1. The Bertz CT molecular complexity index is 791. The van der Waals surface area contributed by atoms with Crippen molar-refractivity contribution in [3.63, 3.8) is 0 Å². The van der Waals surface area contributed by atoms with Crippen LogP contribution in [0.2, 0.25) is 0 Å². The van der Waals surface area contributed by atoms with Gasteiger partial charge in [0.1, 0.15) is 0 Å². The monoisotopic (exact) mass is 388 g/mol. The van der Waals surface area contributed by atoms with Crippen molar-refractivity contribution < 1.29 is 28.8 Å². The molecule has 2 aromatic carbocycles. The first-order valence-electron chi connectivity index (χ1n) is 9.29. The summed E-state index contributed by atoms with van der Waals surface area (Å²) in [5.41, 5.74) is 1.92. The van der Waals surface area contributed by atoms with Gasteiger partial charge in [0.2, 0.25) is 0 Å². The van der Waals surface area contributed by atoms with Gasteiger partial charge in [-0.3, -0.25) is 0 Å². The maximum Gasteiger partial charge on any atom is 0.161 e. The van der Waals surface area contributed by atoms with Gasteiger partial charge in [0.25, 0.3) is 0 Å². The third-order valence-corrected chi connectivity index (χ3v) is 5.35. The van der Waals surface area contributed by atoms with Crippen LogP contribution in [-0.2, 0) is 11.2 Å². The SMILES string of the molecule is COc1ccc(C[C@@H]2COC[C@H]2[C@H](O)c2ccc(OC)c(OC)c2)cc1OC. The maximum absolute atomic E-state index is 11.0. The molecule has 0 aromatic heterocycles. The lowest BCUT2D eigenvalue weighted by molar-refractivity contribution is 0.0809. The van der Waals surface area contributed by atoms with E-state index >= 15 is 0 Å². The van der Waals surface area contributed by atoms with E-state index in [1.54, 1.807) is 28.4 Å². The summed E-state index contributed by atoms with van der Waals surface area (Å²) in [4.78, 5) is 0. The predicted octanol–water partition coefficient (Wildman–Crippen LogP) is 3.26. The summed E-state index contributed by atoms with van der Waals surface area (Å²) in [7, 11) is 6.44. The lowest BCUT2D eigenvalue weighted by Crippen LogP contribution is -2.22. The number of rotatable bonds is 8. The van der Waals surface area contributed by atoms with Gasteiger partial charge in [0, 0.05) is 5.92 Å². The van der Waals surface area contributed by atoms with Crippen LogP contribution >= 0.6 is 0 Å². The maximum atomic E-state index is 11.0. The van der Waals surface area contributed by atoms with Crippen molar-refractivity contribution in [1.29, 1.82) is 0 Å². The zero-order valence-corrected chi connectivity index (χ0v) is 16.8. The van der Waals surface area contributed by atoms with Crippen LogP contribution in [0.25, 0.3) is 0 Å². The van der Waals surface area contributed by atoms with E-state index in [0.717, 1.165) is 17.5 Å². The summed E-state index contributed by atoms with van der Waals surface area (Å²) in [5.74, 6) is 2.84. The standard InChI is InChI=1S/C22H28O6/c1-24-18-7-5-14(10-20(18)26-3)9-16-12-28-13-17(16)22(23)15-6-8-19(25-2)21(11-15)27-4/h5-8,10-11,16-17,22-23H,9,12-13H2,1-4H3/t16-,17-,22-/m1/s1. The fourth-order valence-corrected chi connectivity index (χ4v) is 3.77. The Morgan fingerprint density at radius 2 is 1.46 bits per heavy atom. The molecule has 0 saturated carbocycles. The van der Waals surface area contributed by atoms with Crippen molar-refractivity contribution in [1.82, 2.24) is 0 Å². The Labute approximate surface area is 165 Å². The molecule has 2 aromatic rings. The van der Waals surface area contributed by atoms with E-state index in [0.29, 0.717) is 36.2 Å². The minimum atomic E-state index is -0.646. The summed E-state index contributed by atoms with van der Waals surface area (Å²) in [5, 5.41) is 11.0. The summed E-state index contributed by atoms with van der Waals surface area (Å²) in [6.07, 6.45) is 0.141. The average molecular weight is 388 g/mol. The van der Waals surface area contributed by atoms with Gasteiger partial charge in [-0.25, -0.2) is 0 Å². The summed E-state index contributed by atoms with van der Waals surface area (Å²) in [6, 6.07) is 11.4. The second-order valence-electron chi connectivity index (χ2n) is 6.91. The van der Waals surface area contributed by atoms with E-state index in [2.05, 4.69) is 0 Å². The smallest absolute Gasteiger partial charge is 0.161 e. The Hall–Kier alpha value is -2.44. The number of methoxy groups -OCH3 is 4. The van der Waals surface area contributed by atoms with Gasteiger partial charge in [-0.1, -0.05) is 12.1 Å². The molecule has 0 aliphatic carbocycles. The van der Waals surface area contributed by atoms with Crippen LogP contribution in [0.15, 0.2) is 36.4 Å². The molecule has 1 saturated heterocycles. The molecule has 0 unspecified atom stereocenters. The predicted molar refractivity (Wildman–Crippen MR) is 106 cm³/mol. The molecule has 6 heteroatoms. The van der Waals surface area contributed by atoms with E-state index in [1.165, 1.54) is 0 Å². The van der Waals surface area contributed by atoms with Crippen molar-refractivity contribution in [2.24, 2.45) is 11.8 Å². The molecule has 1 aliphatic heterocycles. The lowest BCUT2D eigenvalue weighted by atomic mass is 9.83. The number of ether oxygens (including phenoxy) is 5. The van der Waals surface area contributed by atoms with Crippen LogP contribution in [0, 0.1) is 11.8 Å². The second-order valence-corrected chi connectivity index (χ2v) is 6.91. The molecule has 0 bridgehead atoms. The first-order chi connectivity index (χ1) is 13.6. The zero-order valence-electron chi connectivity index (χ0n) is 16.8. The van der Waals surface area contributed by atoms with Crippen molar-refractivity contribution in [3.05, 3.63) is 47.5 Å². The highest BCUT2D eigenvalue weighted by molar-refractivity contribution is 5.44. The molecule has 6 nitrogen and oxygen atoms in total.